The highest BCUT2D eigenvalue weighted by Crippen LogP contribution is 2.43. The molecule has 154 valence electrons. The summed E-state index contributed by atoms with van der Waals surface area (Å²) in [6.45, 7) is 0. The van der Waals surface area contributed by atoms with Crippen LogP contribution in [0.1, 0.15) is 35.7 Å². The molecule has 4 heterocycles. The van der Waals surface area contributed by atoms with Crippen molar-refractivity contribution in [3.63, 3.8) is 0 Å². The van der Waals surface area contributed by atoms with E-state index in [1.807, 2.05) is 0 Å². The van der Waals surface area contributed by atoms with Crippen molar-refractivity contribution in [1.29, 1.82) is 0 Å². The number of urea groups is 1. The van der Waals surface area contributed by atoms with Gasteiger partial charge in [-0.1, -0.05) is 6.07 Å². The van der Waals surface area contributed by atoms with Crippen LogP contribution in [0.2, 0.25) is 0 Å². The molecule has 6 nitrogen and oxygen atoms in total. The highest BCUT2D eigenvalue weighted by molar-refractivity contribution is 5.93. The number of nitrogens with zero attached hydrogens (tertiary/aromatic N) is 2. The fourth-order valence-corrected chi connectivity index (χ4v) is 4.51. The van der Waals surface area contributed by atoms with Crippen molar-refractivity contribution in [1.82, 2.24) is 14.9 Å². The van der Waals surface area contributed by atoms with Crippen LogP contribution in [0, 0.1) is 0 Å². The van der Waals surface area contributed by atoms with E-state index in [0.29, 0.717) is 17.5 Å². The Morgan fingerprint density at radius 3 is 2.80 bits per heavy atom. The van der Waals surface area contributed by atoms with Crippen LogP contribution in [-0.2, 0) is 12.6 Å². The van der Waals surface area contributed by atoms with Gasteiger partial charge in [0.15, 0.2) is 0 Å². The number of carbonyl (C=O) groups is 1. The lowest BCUT2D eigenvalue weighted by molar-refractivity contribution is -0.140. The number of hydrogen-bond acceptors (Lipinski definition) is 3. The summed E-state index contributed by atoms with van der Waals surface area (Å²) in [5.41, 5.74) is 1.53. The number of fused-ring (bicyclic) bond motifs is 5. The predicted molar refractivity (Wildman–Crippen MR) is 104 cm³/mol. The predicted octanol–water partition coefficient (Wildman–Crippen LogP) is 4.24. The van der Waals surface area contributed by atoms with Crippen LogP contribution >= 0.6 is 0 Å². The number of carbonyl (C=O) groups excluding carboxylic acids is 1. The van der Waals surface area contributed by atoms with Crippen LogP contribution < -0.4 is 10.9 Å². The Hall–Kier alpha value is -3.36. The van der Waals surface area contributed by atoms with Crippen molar-refractivity contribution in [2.24, 2.45) is 0 Å². The summed E-state index contributed by atoms with van der Waals surface area (Å²) in [6, 6.07) is 8.13. The second-order valence-electron chi connectivity index (χ2n) is 7.67. The normalized spacial score (nSPS) is 20.3. The average Bonchev–Trinajstić information content (AvgIpc) is 3.02. The maximum absolute atomic E-state index is 13.0. The number of aromatic amines is 1. The Kier molecular flexibility index (Phi) is 4.09. The van der Waals surface area contributed by atoms with Crippen molar-refractivity contribution in [3.8, 4) is 0 Å². The highest BCUT2D eigenvalue weighted by atomic mass is 19.4. The summed E-state index contributed by atoms with van der Waals surface area (Å²) in [5.74, 6) is 0. The number of anilines is 1. The number of hydrogen-bond donors (Lipinski definition) is 2. The fourth-order valence-electron chi connectivity index (χ4n) is 4.51. The quantitative estimate of drug-likeness (QED) is 0.625. The molecule has 2 aromatic heterocycles. The number of benzene rings is 1. The first-order valence-corrected chi connectivity index (χ1v) is 9.58. The zero-order valence-electron chi connectivity index (χ0n) is 15.7. The van der Waals surface area contributed by atoms with Gasteiger partial charge < -0.3 is 15.2 Å². The Morgan fingerprint density at radius 1 is 1.17 bits per heavy atom. The van der Waals surface area contributed by atoms with Crippen molar-refractivity contribution in [2.75, 3.05) is 5.32 Å². The molecule has 3 aromatic rings. The van der Waals surface area contributed by atoms with Gasteiger partial charge in [0.05, 0.1) is 11.6 Å². The molecule has 2 amide bonds. The SMILES string of the molecule is O=C(Nc1ccc2nc(C(F)(F)F)ccc2c1)N1[C@@H]2CC[C@H]1c1c[nH]c(=O)cc1C2. The van der Waals surface area contributed by atoms with Gasteiger partial charge in [0.2, 0.25) is 5.56 Å². The number of rotatable bonds is 1. The summed E-state index contributed by atoms with van der Waals surface area (Å²) >= 11 is 0. The van der Waals surface area contributed by atoms with Gasteiger partial charge in [-0.05, 0) is 54.7 Å². The van der Waals surface area contributed by atoms with E-state index in [9.17, 15) is 22.8 Å². The number of aromatic nitrogens is 2. The highest BCUT2D eigenvalue weighted by Gasteiger charge is 2.42. The minimum atomic E-state index is -4.50. The molecule has 0 unspecified atom stereocenters. The fraction of sp³-hybridized carbons (Fsp3) is 0.286. The zero-order valence-corrected chi connectivity index (χ0v) is 15.7. The maximum atomic E-state index is 13.0. The second kappa shape index (κ2) is 6.58. The number of nitrogens with one attached hydrogen (secondary N) is 2. The van der Waals surface area contributed by atoms with Gasteiger partial charge >= 0.3 is 12.2 Å². The lowest BCUT2D eigenvalue weighted by Crippen LogP contribution is -2.44. The number of alkyl halides is 3. The molecule has 0 spiro atoms. The minimum absolute atomic E-state index is 0.0146. The lowest BCUT2D eigenvalue weighted by Gasteiger charge is -2.36. The van der Waals surface area contributed by atoms with Crippen LogP contribution in [0.4, 0.5) is 23.7 Å². The molecule has 1 aromatic carbocycles. The summed E-state index contributed by atoms with van der Waals surface area (Å²) in [6.07, 6.45) is -0.522. The average molecular weight is 414 g/mol. The van der Waals surface area contributed by atoms with Crippen LogP contribution in [0.3, 0.4) is 0 Å². The number of pyridine rings is 2. The maximum Gasteiger partial charge on any atom is 0.433 e. The third-order valence-corrected chi connectivity index (χ3v) is 5.83. The van der Waals surface area contributed by atoms with E-state index in [0.717, 1.165) is 30.0 Å². The van der Waals surface area contributed by atoms with E-state index in [1.165, 1.54) is 12.1 Å². The van der Waals surface area contributed by atoms with Gasteiger partial charge in [0.25, 0.3) is 0 Å². The van der Waals surface area contributed by atoms with E-state index < -0.39 is 11.9 Å². The third-order valence-electron chi connectivity index (χ3n) is 5.83. The Bertz CT molecular complexity index is 1220. The van der Waals surface area contributed by atoms with Gasteiger partial charge in [-0.3, -0.25) is 4.79 Å². The van der Waals surface area contributed by atoms with E-state index in [4.69, 9.17) is 0 Å². The summed E-state index contributed by atoms with van der Waals surface area (Å²) < 4.78 is 38.5. The van der Waals surface area contributed by atoms with Gasteiger partial charge in [-0.25, -0.2) is 9.78 Å². The summed E-state index contributed by atoms with van der Waals surface area (Å²) in [7, 11) is 0. The van der Waals surface area contributed by atoms with Crippen LogP contribution in [0.25, 0.3) is 10.9 Å². The first-order valence-electron chi connectivity index (χ1n) is 9.58. The van der Waals surface area contributed by atoms with Gasteiger partial charge in [-0.2, -0.15) is 13.2 Å². The van der Waals surface area contributed by atoms with E-state index in [1.54, 1.807) is 29.3 Å². The first kappa shape index (κ1) is 18.7. The topological polar surface area (TPSA) is 78.1 Å². The molecule has 2 N–H and O–H groups in total. The number of amides is 2. The van der Waals surface area contributed by atoms with E-state index in [2.05, 4.69) is 15.3 Å². The molecule has 2 aliphatic heterocycles. The van der Waals surface area contributed by atoms with Gasteiger partial charge in [-0.15, -0.1) is 0 Å². The first-order chi connectivity index (χ1) is 14.3. The minimum Gasteiger partial charge on any atom is -0.329 e. The molecule has 30 heavy (non-hydrogen) atoms. The van der Waals surface area contributed by atoms with E-state index >= 15 is 0 Å². The summed E-state index contributed by atoms with van der Waals surface area (Å²) in [4.78, 5) is 32.7. The summed E-state index contributed by atoms with van der Waals surface area (Å²) in [5, 5.41) is 3.36. The Morgan fingerprint density at radius 2 is 2.00 bits per heavy atom. The zero-order chi connectivity index (χ0) is 21.0. The molecule has 2 bridgehead atoms. The number of H-pyrrole nitrogens is 1. The van der Waals surface area contributed by atoms with Crippen molar-refractivity contribution in [3.05, 3.63) is 69.8 Å². The molecule has 2 aliphatic rings. The van der Waals surface area contributed by atoms with Crippen LogP contribution in [-0.4, -0.2) is 26.9 Å². The molecule has 0 radical (unpaired) electrons. The molecule has 1 fully saturated rings. The number of halogens is 3. The monoisotopic (exact) mass is 414 g/mol. The van der Waals surface area contributed by atoms with Crippen LogP contribution in [0.15, 0.2) is 47.4 Å². The Labute approximate surface area is 168 Å². The van der Waals surface area contributed by atoms with E-state index in [-0.39, 0.29) is 29.2 Å². The second-order valence-corrected chi connectivity index (χ2v) is 7.67. The van der Waals surface area contributed by atoms with Gasteiger partial charge in [0, 0.05) is 29.4 Å². The van der Waals surface area contributed by atoms with Crippen molar-refractivity contribution in [2.45, 2.75) is 37.5 Å². The molecule has 0 aliphatic carbocycles. The largest absolute Gasteiger partial charge is 0.433 e. The smallest absolute Gasteiger partial charge is 0.329 e. The standard InChI is InChI=1S/C21H17F3N4O2/c22-21(23,24)18-6-1-11-7-13(2-4-16(11)27-18)26-20(30)28-14-3-5-17(28)15-10-25-19(29)9-12(15)8-14/h1-2,4,6-7,9-10,14,17H,3,5,8H2,(H,25,29)(H,26,30)/t14-,17+/m1/s1. The molecular formula is C21H17F3N4O2. The molecule has 9 heteroatoms. The molecule has 0 saturated carbocycles. The Balaban J connectivity index is 1.40. The molecular weight excluding hydrogens is 397 g/mol. The van der Waals surface area contributed by atoms with Crippen molar-refractivity contribution < 1.29 is 18.0 Å². The lowest BCUT2D eigenvalue weighted by atomic mass is 9.95. The molecule has 1 saturated heterocycles. The van der Waals surface area contributed by atoms with Gasteiger partial charge in [0.1, 0.15) is 5.69 Å². The van der Waals surface area contributed by atoms with Crippen molar-refractivity contribution >= 4 is 22.6 Å². The molecule has 2 atom stereocenters. The van der Waals surface area contributed by atoms with Crippen LogP contribution in [0.5, 0.6) is 0 Å². The third kappa shape index (κ3) is 3.10. The molecule has 5 rings (SSSR count).